The highest BCUT2D eigenvalue weighted by atomic mass is 35.5. The van der Waals surface area contributed by atoms with E-state index in [0.29, 0.717) is 23.7 Å². The van der Waals surface area contributed by atoms with Crippen molar-refractivity contribution in [1.82, 2.24) is 5.32 Å². The number of benzene rings is 1. The normalized spacial score (nSPS) is 11.7. The Morgan fingerprint density at radius 3 is 2.84 bits per heavy atom. The summed E-state index contributed by atoms with van der Waals surface area (Å²) in [6, 6.07) is 9.00. The highest BCUT2D eigenvalue weighted by Gasteiger charge is 2.05. The van der Waals surface area contributed by atoms with E-state index in [2.05, 4.69) is 10.5 Å². The van der Waals surface area contributed by atoms with Crippen LogP contribution in [0.1, 0.15) is 16.9 Å². The maximum Gasteiger partial charge on any atom is 0.170 e. The van der Waals surface area contributed by atoms with Crippen LogP contribution in [0.4, 0.5) is 0 Å². The number of rotatable bonds is 5. The molecule has 0 saturated heterocycles. The third-order valence-corrected chi connectivity index (χ3v) is 3.00. The molecule has 5 nitrogen and oxygen atoms in total. The predicted octanol–water partition coefficient (Wildman–Crippen LogP) is 2.32. The number of oxime groups is 1. The molecule has 0 amide bonds. The molecule has 1 aromatic carbocycles. The zero-order chi connectivity index (χ0) is 13.7. The van der Waals surface area contributed by atoms with Crippen LogP contribution in [0.3, 0.4) is 0 Å². The average molecular weight is 280 g/mol. The van der Waals surface area contributed by atoms with Crippen molar-refractivity contribution in [3.8, 4) is 0 Å². The first-order valence-corrected chi connectivity index (χ1v) is 6.08. The minimum absolute atomic E-state index is 0.0389. The van der Waals surface area contributed by atoms with Crippen LogP contribution >= 0.6 is 11.6 Å². The van der Waals surface area contributed by atoms with Crippen LogP contribution in [-0.2, 0) is 13.1 Å². The lowest BCUT2D eigenvalue weighted by Gasteiger charge is -2.07. The third-order valence-electron chi connectivity index (χ3n) is 2.65. The largest absolute Gasteiger partial charge is 0.468 e. The summed E-state index contributed by atoms with van der Waals surface area (Å²) in [7, 11) is 0. The molecule has 0 spiro atoms. The molecule has 0 bridgehead atoms. The molecule has 6 heteroatoms. The molecule has 0 aliphatic rings. The van der Waals surface area contributed by atoms with Crippen LogP contribution in [-0.4, -0.2) is 11.0 Å². The van der Waals surface area contributed by atoms with Gasteiger partial charge >= 0.3 is 0 Å². The van der Waals surface area contributed by atoms with E-state index in [1.54, 1.807) is 18.4 Å². The fourth-order valence-corrected chi connectivity index (χ4v) is 1.89. The maximum absolute atomic E-state index is 8.59. The van der Waals surface area contributed by atoms with Crippen molar-refractivity contribution in [3.05, 3.63) is 58.5 Å². The van der Waals surface area contributed by atoms with Gasteiger partial charge in [0.15, 0.2) is 5.84 Å². The van der Waals surface area contributed by atoms with Crippen molar-refractivity contribution >= 4 is 17.4 Å². The van der Waals surface area contributed by atoms with Gasteiger partial charge in [-0.2, -0.15) is 0 Å². The number of halogens is 1. The van der Waals surface area contributed by atoms with Crippen LogP contribution in [0.2, 0.25) is 5.02 Å². The number of hydrogen-bond donors (Lipinski definition) is 3. The fourth-order valence-electron chi connectivity index (χ4n) is 1.64. The van der Waals surface area contributed by atoms with Gasteiger partial charge in [0, 0.05) is 17.1 Å². The van der Waals surface area contributed by atoms with Crippen molar-refractivity contribution in [2.45, 2.75) is 13.1 Å². The van der Waals surface area contributed by atoms with Crippen LogP contribution < -0.4 is 11.1 Å². The second-order valence-electron chi connectivity index (χ2n) is 3.97. The van der Waals surface area contributed by atoms with Crippen molar-refractivity contribution in [2.24, 2.45) is 10.9 Å². The van der Waals surface area contributed by atoms with E-state index in [1.165, 1.54) is 0 Å². The molecule has 100 valence electrons. The number of furan rings is 1. The van der Waals surface area contributed by atoms with Gasteiger partial charge in [0.2, 0.25) is 0 Å². The van der Waals surface area contributed by atoms with E-state index in [1.807, 2.05) is 18.2 Å². The third kappa shape index (κ3) is 3.49. The molecule has 0 radical (unpaired) electrons. The van der Waals surface area contributed by atoms with Gasteiger partial charge in [0.25, 0.3) is 0 Å². The molecule has 0 unspecified atom stereocenters. The Bertz CT molecular complexity index is 567. The van der Waals surface area contributed by atoms with Gasteiger partial charge in [-0.05, 0) is 23.8 Å². The minimum Gasteiger partial charge on any atom is -0.468 e. The smallest absolute Gasteiger partial charge is 0.170 e. The van der Waals surface area contributed by atoms with Crippen LogP contribution in [0.5, 0.6) is 0 Å². The molecule has 0 fully saturated rings. The molecular weight excluding hydrogens is 266 g/mol. The fraction of sp³-hybridized carbons (Fsp3) is 0.154. The van der Waals surface area contributed by atoms with Gasteiger partial charge in [0.1, 0.15) is 5.76 Å². The van der Waals surface area contributed by atoms with Crippen molar-refractivity contribution < 1.29 is 9.62 Å². The molecular formula is C13H14ClN3O2. The Hall–Kier alpha value is -1.98. The van der Waals surface area contributed by atoms with Crippen molar-refractivity contribution in [3.63, 3.8) is 0 Å². The molecule has 2 aromatic rings. The van der Waals surface area contributed by atoms with E-state index in [4.69, 9.17) is 27.0 Å². The van der Waals surface area contributed by atoms with Gasteiger partial charge < -0.3 is 20.7 Å². The molecule has 0 atom stereocenters. The quantitative estimate of drug-likeness (QED) is 0.339. The molecule has 19 heavy (non-hydrogen) atoms. The first-order valence-electron chi connectivity index (χ1n) is 5.70. The molecule has 0 aliphatic carbocycles. The summed E-state index contributed by atoms with van der Waals surface area (Å²) in [6.45, 7) is 1.24. The Labute approximate surface area is 115 Å². The van der Waals surface area contributed by atoms with E-state index in [9.17, 15) is 0 Å². The van der Waals surface area contributed by atoms with Gasteiger partial charge in [0.05, 0.1) is 12.8 Å². The summed E-state index contributed by atoms with van der Waals surface area (Å²) in [5, 5.41) is 15.3. The summed E-state index contributed by atoms with van der Waals surface area (Å²) < 4.78 is 5.21. The SMILES string of the molecule is N/C(=N/O)c1ccc(CNCc2ccco2)c(Cl)c1. The van der Waals surface area contributed by atoms with E-state index < -0.39 is 0 Å². The summed E-state index contributed by atoms with van der Waals surface area (Å²) in [6.07, 6.45) is 1.63. The molecule has 2 rings (SSSR count). The average Bonchev–Trinajstić information content (AvgIpc) is 2.93. The molecule has 1 aromatic heterocycles. The molecule has 1 heterocycles. The second kappa shape index (κ2) is 6.26. The van der Waals surface area contributed by atoms with Gasteiger partial charge in [-0.15, -0.1) is 0 Å². The molecule has 0 saturated carbocycles. The Morgan fingerprint density at radius 1 is 1.37 bits per heavy atom. The van der Waals surface area contributed by atoms with Gasteiger partial charge in [-0.3, -0.25) is 0 Å². The Kier molecular flexibility index (Phi) is 4.43. The lowest BCUT2D eigenvalue weighted by Crippen LogP contribution is -2.15. The van der Waals surface area contributed by atoms with E-state index >= 15 is 0 Å². The number of nitrogens with two attached hydrogens (primary N) is 1. The lowest BCUT2D eigenvalue weighted by atomic mass is 10.1. The van der Waals surface area contributed by atoms with Crippen LogP contribution in [0.15, 0.2) is 46.2 Å². The number of amidine groups is 1. The summed E-state index contributed by atoms with van der Waals surface area (Å²) >= 11 is 6.14. The number of nitrogens with one attached hydrogen (secondary N) is 1. The standard InChI is InChI=1S/C13H14ClN3O2/c14-12-6-9(13(15)17-18)3-4-10(12)7-16-8-11-2-1-5-19-11/h1-6,16,18H,7-8H2,(H2,15,17). The highest BCUT2D eigenvalue weighted by Crippen LogP contribution is 2.18. The summed E-state index contributed by atoms with van der Waals surface area (Å²) in [5.74, 6) is 0.904. The van der Waals surface area contributed by atoms with Crippen LogP contribution in [0, 0.1) is 0 Å². The number of nitrogens with zero attached hydrogens (tertiary/aromatic N) is 1. The summed E-state index contributed by atoms with van der Waals surface area (Å²) in [4.78, 5) is 0. The lowest BCUT2D eigenvalue weighted by molar-refractivity contribution is 0.318. The first kappa shape index (κ1) is 13.5. The first-order chi connectivity index (χ1) is 9.20. The Balaban J connectivity index is 1.97. The van der Waals surface area contributed by atoms with E-state index in [0.717, 1.165) is 11.3 Å². The number of hydrogen-bond acceptors (Lipinski definition) is 4. The van der Waals surface area contributed by atoms with Crippen molar-refractivity contribution in [2.75, 3.05) is 0 Å². The zero-order valence-electron chi connectivity index (χ0n) is 10.1. The molecule has 0 aliphatic heterocycles. The monoisotopic (exact) mass is 279 g/mol. The zero-order valence-corrected chi connectivity index (χ0v) is 10.9. The second-order valence-corrected chi connectivity index (χ2v) is 4.38. The predicted molar refractivity (Wildman–Crippen MR) is 73.2 cm³/mol. The summed E-state index contributed by atoms with van der Waals surface area (Å²) in [5.41, 5.74) is 7.01. The Morgan fingerprint density at radius 2 is 2.21 bits per heavy atom. The molecule has 4 N–H and O–H groups in total. The van der Waals surface area contributed by atoms with Gasteiger partial charge in [-0.25, -0.2) is 0 Å². The van der Waals surface area contributed by atoms with Crippen LogP contribution in [0.25, 0.3) is 0 Å². The highest BCUT2D eigenvalue weighted by molar-refractivity contribution is 6.31. The topological polar surface area (TPSA) is 83.8 Å². The van der Waals surface area contributed by atoms with Crippen molar-refractivity contribution in [1.29, 1.82) is 0 Å². The van der Waals surface area contributed by atoms with Gasteiger partial charge in [-0.1, -0.05) is 28.9 Å². The van der Waals surface area contributed by atoms with E-state index in [-0.39, 0.29) is 5.84 Å². The minimum atomic E-state index is 0.0389. The maximum atomic E-state index is 8.59.